The van der Waals surface area contributed by atoms with E-state index in [2.05, 4.69) is 6.92 Å². The van der Waals surface area contributed by atoms with Crippen LogP contribution in [-0.2, 0) is 4.79 Å². The van der Waals surface area contributed by atoms with Crippen molar-refractivity contribution in [3.8, 4) is 0 Å². The van der Waals surface area contributed by atoms with Gasteiger partial charge in [-0.25, -0.2) is 0 Å². The van der Waals surface area contributed by atoms with Gasteiger partial charge in [-0.1, -0.05) is 56.9 Å². The molecule has 2 aliphatic rings. The van der Waals surface area contributed by atoms with E-state index < -0.39 is 5.60 Å². The highest BCUT2D eigenvalue weighted by Crippen LogP contribution is 2.42. The van der Waals surface area contributed by atoms with E-state index in [1.807, 2.05) is 24.3 Å². The van der Waals surface area contributed by atoms with Crippen LogP contribution in [0.25, 0.3) is 0 Å². The Hall–Kier alpha value is -0.890. The van der Waals surface area contributed by atoms with E-state index in [-0.39, 0.29) is 11.8 Å². The molecule has 0 aromatic carbocycles. The van der Waals surface area contributed by atoms with Gasteiger partial charge < -0.3 is 9.90 Å². The van der Waals surface area contributed by atoms with Gasteiger partial charge in [0.05, 0.1) is 11.5 Å². The highest BCUT2D eigenvalue weighted by molar-refractivity contribution is 5.61. The largest absolute Gasteiger partial charge is 0.384 e. The molecule has 2 aliphatic carbocycles. The van der Waals surface area contributed by atoms with Crippen molar-refractivity contribution in [2.45, 2.75) is 51.0 Å². The van der Waals surface area contributed by atoms with Gasteiger partial charge >= 0.3 is 0 Å². The third kappa shape index (κ3) is 2.59. The maximum absolute atomic E-state index is 11.1. The molecule has 1 N–H and O–H groups in total. The smallest absolute Gasteiger partial charge is 0.130 e. The number of hydrogen-bond donors (Lipinski definition) is 1. The Morgan fingerprint density at radius 3 is 2.61 bits per heavy atom. The molecule has 2 nitrogen and oxygen atoms in total. The Kier molecular flexibility index (Phi) is 4.39. The zero-order valence-corrected chi connectivity index (χ0v) is 11.2. The predicted octanol–water partition coefficient (Wildman–Crippen LogP) is 3.27. The van der Waals surface area contributed by atoms with Crippen molar-refractivity contribution in [3.63, 3.8) is 0 Å². The lowest BCUT2D eigenvalue weighted by molar-refractivity contribution is -0.118. The summed E-state index contributed by atoms with van der Waals surface area (Å²) in [4.78, 5) is 11.1. The fourth-order valence-electron chi connectivity index (χ4n) is 3.54. The van der Waals surface area contributed by atoms with Crippen LogP contribution in [0.15, 0.2) is 24.3 Å². The molecule has 0 bridgehead atoms. The Morgan fingerprint density at radius 1 is 1.28 bits per heavy atom. The van der Waals surface area contributed by atoms with Crippen LogP contribution in [0.4, 0.5) is 0 Å². The van der Waals surface area contributed by atoms with Crippen molar-refractivity contribution < 1.29 is 9.90 Å². The fourth-order valence-corrected chi connectivity index (χ4v) is 3.54. The maximum atomic E-state index is 11.1. The first-order valence-electron chi connectivity index (χ1n) is 7.24. The van der Waals surface area contributed by atoms with Crippen molar-refractivity contribution >= 4 is 6.29 Å². The maximum Gasteiger partial charge on any atom is 0.130 e. The summed E-state index contributed by atoms with van der Waals surface area (Å²) in [5.74, 6) is 0.699. The Labute approximate surface area is 110 Å². The molecule has 1 fully saturated rings. The Bertz CT molecular complexity index is 337. The van der Waals surface area contributed by atoms with Gasteiger partial charge in [0.2, 0.25) is 0 Å². The zero-order valence-electron chi connectivity index (χ0n) is 11.2. The van der Waals surface area contributed by atoms with Gasteiger partial charge in [0.15, 0.2) is 0 Å². The van der Waals surface area contributed by atoms with Gasteiger partial charge in [-0.05, 0) is 24.7 Å². The molecule has 0 saturated heterocycles. The molecule has 2 atom stereocenters. The first-order valence-corrected chi connectivity index (χ1v) is 7.24. The van der Waals surface area contributed by atoms with Crippen LogP contribution in [-0.4, -0.2) is 17.0 Å². The first kappa shape index (κ1) is 13.5. The average molecular weight is 248 g/mol. The molecule has 2 rings (SSSR count). The minimum Gasteiger partial charge on any atom is -0.384 e. The predicted molar refractivity (Wildman–Crippen MR) is 73.1 cm³/mol. The van der Waals surface area contributed by atoms with E-state index in [0.29, 0.717) is 0 Å². The summed E-state index contributed by atoms with van der Waals surface area (Å²) in [6.45, 7) is 2.23. The molecule has 100 valence electrons. The van der Waals surface area contributed by atoms with E-state index in [4.69, 9.17) is 0 Å². The van der Waals surface area contributed by atoms with Crippen LogP contribution in [0, 0.1) is 17.8 Å². The van der Waals surface area contributed by atoms with Crippen LogP contribution in [0.5, 0.6) is 0 Å². The van der Waals surface area contributed by atoms with E-state index in [1.54, 1.807) is 0 Å². The molecule has 0 radical (unpaired) electrons. The second kappa shape index (κ2) is 5.83. The van der Waals surface area contributed by atoms with Crippen molar-refractivity contribution in [2.75, 3.05) is 0 Å². The monoisotopic (exact) mass is 248 g/mol. The summed E-state index contributed by atoms with van der Waals surface area (Å²) in [5, 5.41) is 10.8. The number of allylic oxidation sites excluding steroid dienone is 2. The highest BCUT2D eigenvalue weighted by Gasteiger charge is 2.42. The molecule has 18 heavy (non-hydrogen) atoms. The lowest BCUT2D eigenvalue weighted by Gasteiger charge is -2.41. The van der Waals surface area contributed by atoms with Crippen LogP contribution < -0.4 is 0 Å². The second-order valence-corrected chi connectivity index (χ2v) is 5.80. The molecule has 2 unspecified atom stereocenters. The standard InChI is InChI=1S/C16H24O2/c1-2-5-13-7-9-14(10-8-13)16(18)11-4-3-6-15(16)12-17/h3-4,6,11-15,18H,2,5,7-10H2,1H3. The molecular weight excluding hydrogens is 224 g/mol. The van der Waals surface area contributed by atoms with Crippen molar-refractivity contribution in [3.05, 3.63) is 24.3 Å². The molecule has 2 heteroatoms. The average Bonchev–Trinajstić information content (AvgIpc) is 2.40. The Morgan fingerprint density at radius 2 is 2.00 bits per heavy atom. The van der Waals surface area contributed by atoms with E-state index in [0.717, 1.165) is 25.0 Å². The number of aldehydes is 1. The summed E-state index contributed by atoms with van der Waals surface area (Å²) >= 11 is 0. The van der Waals surface area contributed by atoms with Gasteiger partial charge in [-0.2, -0.15) is 0 Å². The number of carbonyl (C=O) groups excluding carboxylic acids is 1. The minimum absolute atomic E-state index is 0.238. The highest BCUT2D eigenvalue weighted by atomic mass is 16.3. The van der Waals surface area contributed by atoms with Crippen molar-refractivity contribution in [1.82, 2.24) is 0 Å². The summed E-state index contributed by atoms with van der Waals surface area (Å²) < 4.78 is 0. The molecule has 0 aromatic rings. The van der Waals surface area contributed by atoms with Crippen LogP contribution in [0.3, 0.4) is 0 Å². The SMILES string of the molecule is CCCC1CCC(C2(O)C=CC=CC2C=O)CC1. The zero-order chi connectivity index (χ0) is 13.0. The Balaban J connectivity index is 2.01. The summed E-state index contributed by atoms with van der Waals surface area (Å²) in [6, 6.07) is 0. The van der Waals surface area contributed by atoms with Crippen molar-refractivity contribution in [2.24, 2.45) is 17.8 Å². The van der Waals surface area contributed by atoms with Gasteiger partial charge in [-0.3, -0.25) is 0 Å². The quantitative estimate of drug-likeness (QED) is 0.775. The summed E-state index contributed by atoms with van der Waals surface area (Å²) in [7, 11) is 0. The van der Waals surface area contributed by atoms with Crippen LogP contribution >= 0.6 is 0 Å². The number of rotatable bonds is 4. The van der Waals surface area contributed by atoms with Gasteiger partial charge in [0.25, 0.3) is 0 Å². The number of aliphatic hydroxyl groups is 1. The molecular formula is C16H24O2. The van der Waals surface area contributed by atoms with Crippen molar-refractivity contribution in [1.29, 1.82) is 0 Å². The summed E-state index contributed by atoms with van der Waals surface area (Å²) in [6.07, 6.45) is 15.3. The normalized spacial score (nSPS) is 39.8. The third-order valence-electron chi connectivity index (χ3n) is 4.67. The first-order chi connectivity index (χ1) is 8.70. The molecule has 0 spiro atoms. The van der Waals surface area contributed by atoms with Gasteiger partial charge in [-0.15, -0.1) is 0 Å². The number of carbonyl (C=O) groups is 1. The molecule has 1 saturated carbocycles. The van der Waals surface area contributed by atoms with E-state index in [1.165, 1.54) is 25.7 Å². The molecule has 0 heterocycles. The lowest BCUT2D eigenvalue weighted by atomic mass is 9.67. The van der Waals surface area contributed by atoms with Gasteiger partial charge in [0.1, 0.15) is 6.29 Å². The van der Waals surface area contributed by atoms with E-state index in [9.17, 15) is 9.90 Å². The van der Waals surface area contributed by atoms with Crippen LogP contribution in [0.2, 0.25) is 0 Å². The number of hydrogen-bond acceptors (Lipinski definition) is 2. The fraction of sp³-hybridized carbons (Fsp3) is 0.688. The molecule has 0 aliphatic heterocycles. The van der Waals surface area contributed by atoms with Crippen LogP contribution in [0.1, 0.15) is 45.4 Å². The lowest BCUT2D eigenvalue weighted by Crippen LogP contribution is -2.45. The summed E-state index contributed by atoms with van der Waals surface area (Å²) in [5.41, 5.74) is -0.937. The molecule has 0 amide bonds. The second-order valence-electron chi connectivity index (χ2n) is 5.80. The minimum atomic E-state index is -0.937. The molecule has 0 aromatic heterocycles. The van der Waals surface area contributed by atoms with E-state index >= 15 is 0 Å². The van der Waals surface area contributed by atoms with Gasteiger partial charge in [0, 0.05) is 0 Å². The third-order valence-corrected chi connectivity index (χ3v) is 4.67. The topological polar surface area (TPSA) is 37.3 Å².